The van der Waals surface area contributed by atoms with Gasteiger partial charge in [0.05, 0.1) is 0 Å². The number of benzene rings is 1. The van der Waals surface area contributed by atoms with E-state index in [4.69, 9.17) is 17.3 Å². The average molecular weight is 208 g/mol. The Kier molecular flexibility index (Phi) is 3.78. The van der Waals surface area contributed by atoms with Gasteiger partial charge < -0.3 is 5.73 Å². The van der Waals surface area contributed by atoms with Crippen LogP contribution in [-0.2, 0) is 12.8 Å². The highest BCUT2D eigenvalue weighted by molar-refractivity contribution is 6.30. The monoisotopic (exact) mass is 207 g/mol. The zero-order valence-corrected chi connectivity index (χ0v) is 8.85. The van der Waals surface area contributed by atoms with Gasteiger partial charge in [-0.25, -0.2) is 0 Å². The Morgan fingerprint density at radius 2 is 1.57 bits per heavy atom. The van der Waals surface area contributed by atoms with Crippen molar-refractivity contribution in [3.05, 3.63) is 53.6 Å². The Balaban J connectivity index is 3.16. The SMILES string of the molecule is C=CCc1cc(Cl)cc(CC=C)c1N. The molecule has 0 aliphatic rings. The molecule has 0 amide bonds. The second-order valence-corrected chi connectivity index (χ2v) is 3.56. The Morgan fingerprint density at radius 3 is 1.93 bits per heavy atom. The van der Waals surface area contributed by atoms with E-state index < -0.39 is 0 Å². The largest absolute Gasteiger partial charge is 0.398 e. The smallest absolute Gasteiger partial charge is 0.0413 e. The van der Waals surface area contributed by atoms with Crippen molar-refractivity contribution < 1.29 is 0 Å². The first-order valence-corrected chi connectivity index (χ1v) is 4.85. The Morgan fingerprint density at radius 1 is 1.14 bits per heavy atom. The molecule has 1 rings (SSSR count). The van der Waals surface area contributed by atoms with Gasteiger partial charge in [-0.15, -0.1) is 13.2 Å². The zero-order chi connectivity index (χ0) is 10.6. The van der Waals surface area contributed by atoms with Gasteiger partial charge >= 0.3 is 0 Å². The van der Waals surface area contributed by atoms with Crippen LogP contribution >= 0.6 is 11.6 Å². The summed E-state index contributed by atoms with van der Waals surface area (Å²) in [5.41, 5.74) is 8.83. The first kappa shape index (κ1) is 10.9. The summed E-state index contributed by atoms with van der Waals surface area (Å²) in [6.07, 6.45) is 5.13. The molecule has 0 fully saturated rings. The van der Waals surface area contributed by atoms with Gasteiger partial charge in [-0.3, -0.25) is 0 Å². The van der Waals surface area contributed by atoms with E-state index in [9.17, 15) is 0 Å². The van der Waals surface area contributed by atoms with Crippen LogP contribution in [0.5, 0.6) is 0 Å². The molecule has 2 N–H and O–H groups in total. The number of nitrogen functional groups attached to an aromatic ring is 1. The van der Waals surface area contributed by atoms with Crippen LogP contribution in [0, 0.1) is 0 Å². The molecule has 0 spiro atoms. The van der Waals surface area contributed by atoms with Gasteiger partial charge in [0.2, 0.25) is 0 Å². The van der Waals surface area contributed by atoms with Gasteiger partial charge in [0, 0.05) is 10.7 Å². The van der Waals surface area contributed by atoms with Crippen molar-refractivity contribution >= 4 is 17.3 Å². The minimum absolute atomic E-state index is 0.716. The summed E-state index contributed by atoms with van der Waals surface area (Å²) in [6.45, 7) is 7.37. The van der Waals surface area contributed by atoms with Crippen LogP contribution in [-0.4, -0.2) is 0 Å². The van der Waals surface area contributed by atoms with E-state index >= 15 is 0 Å². The number of rotatable bonds is 4. The standard InChI is InChI=1S/C12H14ClN/c1-3-5-9-7-11(13)8-10(6-4-2)12(9)14/h3-4,7-8H,1-2,5-6,14H2. The number of nitrogens with two attached hydrogens (primary N) is 1. The van der Waals surface area contributed by atoms with Gasteiger partial charge in [-0.1, -0.05) is 23.8 Å². The molecule has 1 aromatic carbocycles. The Bertz CT molecular complexity index is 324. The molecule has 0 atom stereocenters. The molecule has 0 radical (unpaired) electrons. The first-order chi connectivity index (χ1) is 6.69. The van der Waals surface area contributed by atoms with E-state index in [0.717, 1.165) is 29.7 Å². The van der Waals surface area contributed by atoms with E-state index in [1.54, 1.807) is 0 Å². The zero-order valence-electron chi connectivity index (χ0n) is 8.09. The van der Waals surface area contributed by atoms with E-state index in [1.165, 1.54) is 0 Å². The highest BCUT2D eigenvalue weighted by atomic mass is 35.5. The molecule has 0 saturated heterocycles. The number of halogens is 1. The minimum Gasteiger partial charge on any atom is -0.398 e. The van der Waals surface area contributed by atoms with Crippen molar-refractivity contribution in [2.75, 3.05) is 5.73 Å². The molecule has 1 nitrogen and oxygen atoms in total. The second kappa shape index (κ2) is 4.87. The molecule has 0 aromatic heterocycles. The van der Waals surface area contributed by atoms with E-state index in [2.05, 4.69) is 13.2 Å². The molecule has 74 valence electrons. The van der Waals surface area contributed by atoms with Crippen LogP contribution < -0.4 is 5.73 Å². The quantitative estimate of drug-likeness (QED) is 0.595. The lowest BCUT2D eigenvalue weighted by Gasteiger charge is -2.09. The molecule has 0 heterocycles. The number of allylic oxidation sites excluding steroid dienone is 2. The molecule has 2 heteroatoms. The van der Waals surface area contributed by atoms with Gasteiger partial charge in [0.25, 0.3) is 0 Å². The molecule has 0 unspecified atom stereocenters. The average Bonchev–Trinajstić information content (AvgIpc) is 2.14. The summed E-state index contributed by atoms with van der Waals surface area (Å²) in [6, 6.07) is 3.76. The van der Waals surface area contributed by atoms with Gasteiger partial charge in [0.15, 0.2) is 0 Å². The number of anilines is 1. The van der Waals surface area contributed by atoms with Crippen LogP contribution in [0.1, 0.15) is 11.1 Å². The maximum atomic E-state index is 5.97. The van der Waals surface area contributed by atoms with Crippen LogP contribution in [0.4, 0.5) is 5.69 Å². The summed E-state index contributed by atoms with van der Waals surface area (Å²) in [5, 5.41) is 0.716. The van der Waals surface area contributed by atoms with Gasteiger partial charge in [-0.2, -0.15) is 0 Å². The molecule has 14 heavy (non-hydrogen) atoms. The molecule has 0 aliphatic carbocycles. The van der Waals surface area contributed by atoms with Gasteiger partial charge in [-0.05, 0) is 36.1 Å². The topological polar surface area (TPSA) is 26.0 Å². The van der Waals surface area contributed by atoms with Crippen LogP contribution in [0.25, 0.3) is 0 Å². The predicted molar refractivity (Wildman–Crippen MR) is 63.7 cm³/mol. The van der Waals surface area contributed by atoms with Gasteiger partial charge in [0.1, 0.15) is 0 Å². The maximum absolute atomic E-state index is 5.97. The Hall–Kier alpha value is -1.21. The van der Waals surface area contributed by atoms with E-state index in [-0.39, 0.29) is 0 Å². The first-order valence-electron chi connectivity index (χ1n) is 4.47. The summed E-state index contributed by atoms with van der Waals surface area (Å²) >= 11 is 5.97. The third kappa shape index (κ3) is 2.39. The second-order valence-electron chi connectivity index (χ2n) is 3.12. The summed E-state index contributed by atoms with van der Waals surface area (Å²) < 4.78 is 0. The summed E-state index contributed by atoms with van der Waals surface area (Å²) in [4.78, 5) is 0. The molecule has 0 saturated carbocycles. The normalized spacial score (nSPS) is 9.79. The molecule has 0 bridgehead atoms. The highest BCUT2D eigenvalue weighted by Gasteiger charge is 2.04. The molecular formula is C12H14ClN. The fourth-order valence-electron chi connectivity index (χ4n) is 1.39. The third-order valence-electron chi connectivity index (χ3n) is 2.04. The van der Waals surface area contributed by atoms with Crippen molar-refractivity contribution in [1.29, 1.82) is 0 Å². The fraction of sp³-hybridized carbons (Fsp3) is 0.167. The molecule has 0 aliphatic heterocycles. The lowest BCUT2D eigenvalue weighted by Crippen LogP contribution is -1.99. The van der Waals surface area contributed by atoms with Crippen LogP contribution in [0.15, 0.2) is 37.4 Å². The van der Waals surface area contributed by atoms with E-state index in [0.29, 0.717) is 5.02 Å². The van der Waals surface area contributed by atoms with Crippen molar-refractivity contribution in [2.24, 2.45) is 0 Å². The summed E-state index contributed by atoms with van der Waals surface area (Å²) in [7, 11) is 0. The van der Waals surface area contributed by atoms with Crippen molar-refractivity contribution in [1.82, 2.24) is 0 Å². The minimum atomic E-state index is 0.716. The lowest BCUT2D eigenvalue weighted by molar-refractivity contribution is 1.21. The van der Waals surface area contributed by atoms with Crippen molar-refractivity contribution in [2.45, 2.75) is 12.8 Å². The maximum Gasteiger partial charge on any atom is 0.0413 e. The van der Waals surface area contributed by atoms with E-state index in [1.807, 2.05) is 24.3 Å². The highest BCUT2D eigenvalue weighted by Crippen LogP contribution is 2.24. The molecular weight excluding hydrogens is 194 g/mol. The number of hydrogen-bond acceptors (Lipinski definition) is 1. The Labute approximate surface area is 89.9 Å². The summed E-state index contributed by atoms with van der Waals surface area (Å²) in [5.74, 6) is 0. The third-order valence-corrected chi connectivity index (χ3v) is 2.26. The lowest BCUT2D eigenvalue weighted by atomic mass is 10.0. The fourth-order valence-corrected chi connectivity index (χ4v) is 1.65. The molecule has 1 aromatic rings. The van der Waals surface area contributed by atoms with Crippen LogP contribution in [0.3, 0.4) is 0 Å². The van der Waals surface area contributed by atoms with Crippen molar-refractivity contribution in [3.8, 4) is 0 Å². The predicted octanol–water partition coefficient (Wildman–Crippen LogP) is 3.38. The number of hydrogen-bond donors (Lipinski definition) is 1. The van der Waals surface area contributed by atoms with Crippen LogP contribution in [0.2, 0.25) is 5.02 Å². The van der Waals surface area contributed by atoms with Crippen molar-refractivity contribution in [3.63, 3.8) is 0 Å².